The van der Waals surface area contributed by atoms with Gasteiger partial charge in [0.25, 0.3) is 0 Å². The number of allylic oxidation sites excluding steroid dienone is 2. The standard InChI is InChI=1S/C17H19NO5S/c1-3-23-17(22)11-6-8(2)24-15(11)18-14(19)12-9-4-5-10(7-9)13(12)16(20)21/h4-6,9-10,12-13H,3,7H2,1-2H3,(H,18,19)(H,20,21). The summed E-state index contributed by atoms with van der Waals surface area (Å²) in [5, 5.41) is 12.6. The molecule has 2 aliphatic carbocycles. The molecule has 0 saturated heterocycles. The Balaban J connectivity index is 1.82. The minimum atomic E-state index is -0.944. The van der Waals surface area contributed by atoms with Gasteiger partial charge in [0.1, 0.15) is 5.00 Å². The topological polar surface area (TPSA) is 92.7 Å². The Bertz CT molecular complexity index is 723. The van der Waals surface area contributed by atoms with E-state index in [0.29, 0.717) is 17.0 Å². The second kappa shape index (κ2) is 6.39. The molecule has 2 aliphatic rings. The number of rotatable bonds is 5. The van der Waals surface area contributed by atoms with E-state index in [4.69, 9.17) is 4.74 Å². The normalized spacial score (nSPS) is 27.2. The predicted molar refractivity (Wildman–Crippen MR) is 89.0 cm³/mol. The van der Waals surface area contributed by atoms with Gasteiger partial charge in [-0.25, -0.2) is 4.79 Å². The van der Waals surface area contributed by atoms with E-state index in [1.807, 2.05) is 19.1 Å². The molecule has 24 heavy (non-hydrogen) atoms. The highest BCUT2D eigenvalue weighted by molar-refractivity contribution is 7.16. The van der Waals surface area contributed by atoms with Crippen molar-refractivity contribution in [3.05, 3.63) is 28.7 Å². The Labute approximate surface area is 143 Å². The van der Waals surface area contributed by atoms with Gasteiger partial charge in [-0.1, -0.05) is 12.2 Å². The van der Waals surface area contributed by atoms with Gasteiger partial charge in [0.2, 0.25) is 5.91 Å². The van der Waals surface area contributed by atoms with E-state index in [0.717, 1.165) is 4.88 Å². The summed E-state index contributed by atoms with van der Waals surface area (Å²) in [6.45, 7) is 3.80. The second-order valence-corrected chi connectivity index (χ2v) is 7.40. The molecule has 1 saturated carbocycles. The number of carbonyl (C=O) groups is 3. The molecule has 3 rings (SSSR count). The van der Waals surface area contributed by atoms with Crippen LogP contribution in [0.25, 0.3) is 0 Å². The third-order valence-electron chi connectivity index (χ3n) is 4.63. The van der Waals surface area contributed by atoms with Crippen LogP contribution in [0, 0.1) is 30.6 Å². The molecule has 0 spiro atoms. The summed E-state index contributed by atoms with van der Waals surface area (Å²) in [4.78, 5) is 37.1. The fraction of sp³-hybridized carbons (Fsp3) is 0.471. The highest BCUT2D eigenvalue weighted by atomic mass is 32.1. The second-order valence-electron chi connectivity index (χ2n) is 6.15. The zero-order valence-electron chi connectivity index (χ0n) is 13.4. The van der Waals surface area contributed by atoms with E-state index in [1.54, 1.807) is 13.0 Å². The molecule has 1 fully saturated rings. The predicted octanol–water partition coefficient (Wildman–Crippen LogP) is 2.69. The number of thiophene rings is 1. The smallest absolute Gasteiger partial charge is 0.341 e. The van der Waals surface area contributed by atoms with Crippen molar-refractivity contribution >= 4 is 34.2 Å². The maximum atomic E-state index is 12.7. The molecule has 2 N–H and O–H groups in total. The Morgan fingerprint density at radius 1 is 1.29 bits per heavy atom. The molecule has 1 aromatic heterocycles. The van der Waals surface area contributed by atoms with Crippen molar-refractivity contribution in [3.63, 3.8) is 0 Å². The first-order valence-electron chi connectivity index (χ1n) is 7.92. The third-order valence-corrected chi connectivity index (χ3v) is 5.60. The quantitative estimate of drug-likeness (QED) is 0.630. The van der Waals surface area contributed by atoms with Crippen molar-refractivity contribution in [3.8, 4) is 0 Å². The Morgan fingerprint density at radius 3 is 2.58 bits per heavy atom. The third kappa shape index (κ3) is 2.84. The first kappa shape index (κ1) is 16.7. The molecule has 0 radical (unpaired) electrons. The van der Waals surface area contributed by atoms with Gasteiger partial charge >= 0.3 is 11.9 Å². The van der Waals surface area contributed by atoms with Crippen molar-refractivity contribution in [2.75, 3.05) is 11.9 Å². The Morgan fingerprint density at radius 2 is 1.96 bits per heavy atom. The number of hydrogen-bond acceptors (Lipinski definition) is 5. The highest BCUT2D eigenvalue weighted by Gasteiger charge is 2.51. The lowest BCUT2D eigenvalue weighted by molar-refractivity contribution is -0.146. The van der Waals surface area contributed by atoms with Crippen LogP contribution in [0.4, 0.5) is 5.00 Å². The highest BCUT2D eigenvalue weighted by Crippen LogP contribution is 2.48. The van der Waals surface area contributed by atoms with Crippen molar-refractivity contribution < 1.29 is 24.2 Å². The first-order chi connectivity index (χ1) is 11.4. The number of aryl methyl sites for hydroxylation is 1. The van der Waals surface area contributed by atoms with Crippen LogP contribution in [-0.4, -0.2) is 29.6 Å². The molecule has 1 heterocycles. The molecule has 0 aliphatic heterocycles. The molecule has 7 heteroatoms. The van der Waals surface area contributed by atoms with Crippen LogP contribution in [-0.2, 0) is 14.3 Å². The molecule has 1 aromatic rings. The van der Waals surface area contributed by atoms with Crippen molar-refractivity contribution in [1.82, 2.24) is 0 Å². The number of esters is 1. The number of aliphatic carboxylic acids is 1. The van der Waals surface area contributed by atoms with Gasteiger partial charge in [-0.15, -0.1) is 11.3 Å². The van der Waals surface area contributed by atoms with E-state index in [2.05, 4.69) is 5.32 Å². The van der Waals surface area contributed by atoms with E-state index in [-0.39, 0.29) is 24.3 Å². The maximum absolute atomic E-state index is 12.7. The van der Waals surface area contributed by atoms with Crippen LogP contribution in [0.3, 0.4) is 0 Å². The molecule has 4 unspecified atom stereocenters. The summed E-state index contributed by atoms with van der Waals surface area (Å²) in [6.07, 6.45) is 4.52. The van der Waals surface area contributed by atoms with Gasteiger partial charge in [0.15, 0.2) is 0 Å². The Kier molecular flexibility index (Phi) is 4.45. The molecule has 4 atom stereocenters. The monoisotopic (exact) mass is 349 g/mol. The van der Waals surface area contributed by atoms with E-state index in [1.165, 1.54) is 11.3 Å². The summed E-state index contributed by atoms with van der Waals surface area (Å²) < 4.78 is 5.01. The molecule has 6 nitrogen and oxygen atoms in total. The fourth-order valence-electron chi connectivity index (χ4n) is 3.68. The molecule has 128 valence electrons. The molecule has 0 aromatic carbocycles. The number of ether oxygens (including phenoxy) is 1. The summed E-state index contributed by atoms with van der Waals surface area (Å²) in [5.41, 5.74) is 0.318. The number of nitrogens with one attached hydrogen (secondary N) is 1. The minimum Gasteiger partial charge on any atom is -0.481 e. The number of fused-ring (bicyclic) bond motifs is 2. The van der Waals surface area contributed by atoms with Crippen LogP contribution >= 0.6 is 11.3 Å². The number of carboxylic acid groups (broad SMARTS) is 1. The van der Waals surface area contributed by atoms with Gasteiger partial charge in [0.05, 0.1) is 24.0 Å². The maximum Gasteiger partial charge on any atom is 0.341 e. The summed E-state index contributed by atoms with van der Waals surface area (Å²) in [7, 11) is 0. The number of anilines is 1. The molecular weight excluding hydrogens is 330 g/mol. The van der Waals surface area contributed by atoms with Gasteiger partial charge in [-0.3, -0.25) is 9.59 Å². The first-order valence-corrected chi connectivity index (χ1v) is 8.73. The number of carbonyl (C=O) groups excluding carboxylic acids is 2. The van der Waals surface area contributed by atoms with Crippen LogP contribution in [0.5, 0.6) is 0 Å². The summed E-state index contributed by atoms with van der Waals surface area (Å²) in [5.74, 6) is -3.21. The van der Waals surface area contributed by atoms with Crippen molar-refractivity contribution in [2.45, 2.75) is 20.3 Å². The number of hydrogen-bond donors (Lipinski definition) is 2. The number of carboxylic acids is 1. The van der Waals surface area contributed by atoms with Gasteiger partial charge in [-0.05, 0) is 38.2 Å². The van der Waals surface area contributed by atoms with Crippen LogP contribution < -0.4 is 5.32 Å². The van der Waals surface area contributed by atoms with E-state index in [9.17, 15) is 19.5 Å². The fourth-order valence-corrected chi connectivity index (χ4v) is 4.58. The van der Waals surface area contributed by atoms with Gasteiger partial charge in [0, 0.05) is 4.88 Å². The largest absolute Gasteiger partial charge is 0.481 e. The molecule has 2 bridgehead atoms. The van der Waals surface area contributed by atoms with Gasteiger partial charge < -0.3 is 15.2 Å². The van der Waals surface area contributed by atoms with Crippen LogP contribution in [0.2, 0.25) is 0 Å². The molecular formula is C17H19NO5S. The summed E-state index contributed by atoms with van der Waals surface area (Å²) >= 11 is 1.29. The average Bonchev–Trinajstić information content (AvgIpc) is 3.20. The lowest BCUT2D eigenvalue weighted by atomic mass is 9.82. The SMILES string of the molecule is CCOC(=O)c1cc(C)sc1NC(=O)C1C2C=CC(C2)C1C(=O)O. The lowest BCUT2D eigenvalue weighted by Gasteiger charge is -2.23. The van der Waals surface area contributed by atoms with Crippen molar-refractivity contribution in [2.24, 2.45) is 23.7 Å². The van der Waals surface area contributed by atoms with Crippen LogP contribution in [0.1, 0.15) is 28.6 Å². The zero-order valence-corrected chi connectivity index (χ0v) is 14.3. The molecule has 1 amide bonds. The number of amides is 1. The lowest BCUT2D eigenvalue weighted by Crippen LogP contribution is -2.36. The average molecular weight is 349 g/mol. The Hall–Kier alpha value is -2.15. The summed E-state index contributed by atoms with van der Waals surface area (Å²) in [6, 6.07) is 1.67. The van der Waals surface area contributed by atoms with Crippen molar-refractivity contribution in [1.29, 1.82) is 0 Å². The minimum absolute atomic E-state index is 0.0526. The van der Waals surface area contributed by atoms with Crippen LogP contribution in [0.15, 0.2) is 18.2 Å². The van der Waals surface area contributed by atoms with E-state index < -0.39 is 23.8 Å². The van der Waals surface area contributed by atoms with E-state index >= 15 is 0 Å². The van der Waals surface area contributed by atoms with Gasteiger partial charge in [-0.2, -0.15) is 0 Å². The zero-order chi connectivity index (χ0) is 17.4.